The van der Waals surface area contributed by atoms with Crippen molar-refractivity contribution in [3.05, 3.63) is 40.2 Å². The average Bonchev–Trinajstić information content (AvgIpc) is 2.77. The van der Waals surface area contributed by atoms with Gasteiger partial charge in [0.2, 0.25) is 0 Å². The quantitative estimate of drug-likeness (QED) is 0.775. The maximum Gasteiger partial charge on any atom is 0.160 e. The highest BCUT2D eigenvalue weighted by atomic mass is 35.5. The molecule has 0 amide bonds. The summed E-state index contributed by atoms with van der Waals surface area (Å²) < 4.78 is 5.08. The number of methoxy groups -OCH3 is 1. The minimum Gasteiger partial charge on any atom is -0.495 e. The van der Waals surface area contributed by atoms with Crippen molar-refractivity contribution in [2.45, 2.75) is 0 Å². The maximum absolute atomic E-state index is 10.6. The lowest BCUT2D eigenvalue weighted by atomic mass is 10.2. The standard InChI is InChI=1S/C12H9ClO2S/c1-15-11-4-2-8(6-10(11)13)12-5-3-9(7-14)16-12/h2-7H,1H3. The molecule has 0 bridgehead atoms. The van der Waals surface area contributed by atoms with Gasteiger partial charge < -0.3 is 4.74 Å². The van der Waals surface area contributed by atoms with Gasteiger partial charge in [0.05, 0.1) is 17.0 Å². The van der Waals surface area contributed by atoms with Crippen LogP contribution in [0.5, 0.6) is 5.75 Å². The SMILES string of the molecule is COc1ccc(-c2ccc(C=O)s2)cc1Cl. The van der Waals surface area contributed by atoms with E-state index in [4.69, 9.17) is 16.3 Å². The van der Waals surface area contributed by atoms with Gasteiger partial charge in [-0.1, -0.05) is 11.6 Å². The van der Waals surface area contributed by atoms with E-state index in [1.165, 1.54) is 11.3 Å². The number of hydrogen-bond donors (Lipinski definition) is 0. The zero-order valence-electron chi connectivity index (χ0n) is 8.57. The van der Waals surface area contributed by atoms with Gasteiger partial charge in [0.1, 0.15) is 5.75 Å². The molecule has 0 aliphatic carbocycles. The van der Waals surface area contributed by atoms with Crippen LogP contribution >= 0.6 is 22.9 Å². The lowest BCUT2D eigenvalue weighted by molar-refractivity contribution is 0.112. The highest BCUT2D eigenvalue weighted by Gasteiger charge is 2.06. The first-order chi connectivity index (χ1) is 7.74. The molecule has 0 aliphatic rings. The molecule has 0 atom stereocenters. The third-order valence-corrected chi connectivity index (χ3v) is 3.53. The fourth-order valence-corrected chi connectivity index (χ4v) is 2.47. The number of thiophene rings is 1. The lowest BCUT2D eigenvalue weighted by Gasteiger charge is -2.04. The summed E-state index contributed by atoms with van der Waals surface area (Å²) in [5, 5.41) is 0.570. The van der Waals surface area contributed by atoms with Crippen molar-refractivity contribution in [1.82, 2.24) is 0 Å². The number of rotatable bonds is 3. The molecule has 2 nitrogen and oxygen atoms in total. The average molecular weight is 253 g/mol. The number of benzene rings is 1. The molecule has 2 aromatic rings. The Morgan fingerprint density at radius 1 is 1.31 bits per heavy atom. The molecular weight excluding hydrogens is 244 g/mol. The molecule has 0 saturated carbocycles. The Morgan fingerprint density at radius 2 is 2.12 bits per heavy atom. The first-order valence-electron chi connectivity index (χ1n) is 4.63. The Labute approximate surface area is 102 Å². The summed E-state index contributed by atoms with van der Waals surface area (Å²) in [6.07, 6.45) is 0.847. The number of carbonyl (C=O) groups excluding carboxylic acids is 1. The van der Waals surface area contributed by atoms with Crippen LogP contribution in [-0.4, -0.2) is 13.4 Å². The highest BCUT2D eigenvalue weighted by molar-refractivity contribution is 7.17. The fourth-order valence-electron chi connectivity index (χ4n) is 1.39. The van der Waals surface area contributed by atoms with E-state index >= 15 is 0 Å². The second-order valence-electron chi connectivity index (χ2n) is 3.17. The van der Waals surface area contributed by atoms with Gasteiger partial charge in [-0.05, 0) is 35.9 Å². The minimum atomic E-state index is 0.570. The molecule has 82 valence electrons. The highest BCUT2D eigenvalue weighted by Crippen LogP contribution is 2.33. The monoisotopic (exact) mass is 252 g/mol. The number of carbonyl (C=O) groups is 1. The van der Waals surface area contributed by atoms with Gasteiger partial charge >= 0.3 is 0 Å². The van der Waals surface area contributed by atoms with E-state index in [9.17, 15) is 4.79 Å². The van der Waals surface area contributed by atoms with E-state index < -0.39 is 0 Å². The third-order valence-electron chi connectivity index (χ3n) is 2.18. The van der Waals surface area contributed by atoms with Crippen molar-refractivity contribution >= 4 is 29.2 Å². The summed E-state index contributed by atoms with van der Waals surface area (Å²) in [6.45, 7) is 0. The summed E-state index contributed by atoms with van der Waals surface area (Å²) >= 11 is 7.47. The zero-order valence-corrected chi connectivity index (χ0v) is 10.1. The molecule has 0 aliphatic heterocycles. The van der Waals surface area contributed by atoms with E-state index in [1.807, 2.05) is 24.3 Å². The molecule has 0 radical (unpaired) electrons. The van der Waals surface area contributed by atoms with Crippen LogP contribution in [0.3, 0.4) is 0 Å². The molecule has 4 heteroatoms. The Balaban J connectivity index is 2.40. The first-order valence-corrected chi connectivity index (χ1v) is 5.83. The van der Waals surface area contributed by atoms with Gasteiger partial charge in [0, 0.05) is 4.88 Å². The molecule has 2 rings (SSSR count). The van der Waals surface area contributed by atoms with E-state index in [-0.39, 0.29) is 0 Å². The molecule has 0 spiro atoms. The second kappa shape index (κ2) is 4.68. The van der Waals surface area contributed by atoms with Crippen molar-refractivity contribution < 1.29 is 9.53 Å². The van der Waals surface area contributed by atoms with Gasteiger partial charge in [-0.3, -0.25) is 4.79 Å². The minimum absolute atomic E-state index is 0.570. The van der Waals surface area contributed by atoms with Crippen molar-refractivity contribution in [1.29, 1.82) is 0 Å². The number of hydrogen-bond acceptors (Lipinski definition) is 3. The van der Waals surface area contributed by atoms with Crippen LogP contribution in [0.1, 0.15) is 9.67 Å². The van der Waals surface area contributed by atoms with Crippen LogP contribution in [0.2, 0.25) is 5.02 Å². The first kappa shape index (κ1) is 11.2. The van der Waals surface area contributed by atoms with Gasteiger partial charge in [-0.15, -0.1) is 11.3 Å². The Hall–Kier alpha value is -1.32. The number of ether oxygens (including phenoxy) is 1. The third kappa shape index (κ3) is 2.10. The van der Waals surface area contributed by atoms with Gasteiger partial charge in [-0.25, -0.2) is 0 Å². The summed E-state index contributed by atoms with van der Waals surface area (Å²) in [6, 6.07) is 9.28. The number of halogens is 1. The van der Waals surface area contributed by atoms with Crippen LogP contribution in [0.4, 0.5) is 0 Å². The maximum atomic E-state index is 10.6. The van der Waals surface area contributed by atoms with Crippen molar-refractivity contribution in [3.63, 3.8) is 0 Å². The van der Waals surface area contributed by atoms with Gasteiger partial charge in [-0.2, -0.15) is 0 Å². The molecule has 0 unspecified atom stereocenters. The Kier molecular flexibility index (Phi) is 3.27. The topological polar surface area (TPSA) is 26.3 Å². The lowest BCUT2D eigenvalue weighted by Crippen LogP contribution is -1.83. The molecule has 0 fully saturated rings. The van der Waals surface area contributed by atoms with Gasteiger partial charge in [0.25, 0.3) is 0 Å². The molecule has 1 aromatic carbocycles. The predicted molar refractivity (Wildman–Crippen MR) is 66.7 cm³/mol. The van der Waals surface area contributed by atoms with Gasteiger partial charge in [0.15, 0.2) is 6.29 Å². The Morgan fingerprint density at radius 3 is 2.69 bits per heavy atom. The molecule has 16 heavy (non-hydrogen) atoms. The van der Waals surface area contributed by atoms with Crippen LogP contribution < -0.4 is 4.74 Å². The van der Waals surface area contributed by atoms with Crippen LogP contribution in [0.25, 0.3) is 10.4 Å². The van der Waals surface area contributed by atoms with E-state index in [0.717, 1.165) is 16.7 Å². The predicted octanol–water partition coefficient (Wildman–Crippen LogP) is 3.89. The van der Waals surface area contributed by atoms with Crippen LogP contribution in [0.15, 0.2) is 30.3 Å². The molecule has 0 N–H and O–H groups in total. The van der Waals surface area contributed by atoms with E-state index in [1.54, 1.807) is 13.2 Å². The smallest absolute Gasteiger partial charge is 0.160 e. The summed E-state index contributed by atoms with van der Waals surface area (Å²) in [5.74, 6) is 0.651. The fraction of sp³-hybridized carbons (Fsp3) is 0.0833. The van der Waals surface area contributed by atoms with Crippen LogP contribution in [-0.2, 0) is 0 Å². The molecule has 0 saturated heterocycles. The normalized spacial score (nSPS) is 10.1. The van der Waals surface area contributed by atoms with Crippen molar-refractivity contribution in [2.75, 3.05) is 7.11 Å². The zero-order chi connectivity index (χ0) is 11.5. The summed E-state index contributed by atoms with van der Waals surface area (Å²) in [5.41, 5.74) is 0.990. The van der Waals surface area contributed by atoms with Crippen molar-refractivity contribution in [3.8, 4) is 16.2 Å². The van der Waals surface area contributed by atoms with E-state index in [2.05, 4.69) is 0 Å². The van der Waals surface area contributed by atoms with Crippen molar-refractivity contribution in [2.24, 2.45) is 0 Å². The summed E-state index contributed by atoms with van der Waals surface area (Å²) in [7, 11) is 1.58. The van der Waals surface area contributed by atoms with Crippen LogP contribution in [0, 0.1) is 0 Å². The largest absolute Gasteiger partial charge is 0.495 e. The Bertz CT molecular complexity index is 519. The van der Waals surface area contributed by atoms with E-state index in [0.29, 0.717) is 15.6 Å². The second-order valence-corrected chi connectivity index (χ2v) is 4.69. The molecule has 1 aromatic heterocycles. The molecule has 1 heterocycles. The number of aldehydes is 1. The summed E-state index contributed by atoms with van der Waals surface area (Å²) in [4.78, 5) is 12.3. The molecular formula is C12H9ClO2S.